The van der Waals surface area contributed by atoms with E-state index >= 15 is 0 Å². The van der Waals surface area contributed by atoms with E-state index in [2.05, 4.69) is 9.72 Å². The molecule has 1 aliphatic carbocycles. The van der Waals surface area contributed by atoms with Gasteiger partial charge in [0.1, 0.15) is 29.0 Å². The maximum atomic E-state index is 14.0. The zero-order valence-electron chi connectivity index (χ0n) is 21.5. The molecule has 210 valence electrons. The number of Topliss-reactive ketones (excluding diaryl/α,β-unsaturated/α-hetero) is 1. The highest BCUT2D eigenvalue weighted by Crippen LogP contribution is 2.37. The van der Waals surface area contributed by atoms with Crippen LogP contribution in [0.3, 0.4) is 0 Å². The number of rotatable bonds is 9. The Morgan fingerprint density at radius 2 is 1.66 bits per heavy atom. The van der Waals surface area contributed by atoms with E-state index in [4.69, 9.17) is 0 Å². The number of hydrogen-bond acceptors (Lipinski definition) is 3. The van der Waals surface area contributed by atoms with Crippen LogP contribution in [0, 0.1) is 17.5 Å². The van der Waals surface area contributed by atoms with Gasteiger partial charge >= 0.3 is 6.36 Å². The number of fused-ring (bicyclic) bond motifs is 1. The molecule has 0 saturated carbocycles. The van der Waals surface area contributed by atoms with Crippen LogP contribution in [0.5, 0.6) is 5.75 Å². The fourth-order valence-corrected chi connectivity index (χ4v) is 5.22. The van der Waals surface area contributed by atoms with E-state index in [0.29, 0.717) is 39.9 Å². The van der Waals surface area contributed by atoms with Gasteiger partial charge in [-0.1, -0.05) is 30.3 Å². The number of allylic oxidation sites excluding steroid dienone is 2. The number of benzene rings is 3. The fourth-order valence-electron chi connectivity index (χ4n) is 5.22. The van der Waals surface area contributed by atoms with Crippen molar-refractivity contribution in [3.05, 3.63) is 125 Å². The molecule has 0 fully saturated rings. The third-order valence-corrected chi connectivity index (χ3v) is 6.86. The van der Waals surface area contributed by atoms with Crippen LogP contribution in [0.1, 0.15) is 41.1 Å². The Morgan fingerprint density at radius 3 is 2.41 bits per heavy atom. The van der Waals surface area contributed by atoms with Crippen molar-refractivity contribution in [3.8, 4) is 16.9 Å². The van der Waals surface area contributed by atoms with Crippen molar-refractivity contribution in [1.29, 1.82) is 0 Å². The number of ether oxygens (including phenoxy) is 1. The molecule has 0 spiro atoms. The van der Waals surface area contributed by atoms with Gasteiger partial charge in [0.05, 0.1) is 5.69 Å². The van der Waals surface area contributed by atoms with E-state index < -0.39 is 35.5 Å². The molecule has 1 atom stereocenters. The summed E-state index contributed by atoms with van der Waals surface area (Å²) in [6.45, 7) is 0. The van der Waals surface area contributed by atoms with Crippen LogP contribution in [0.25, 0.3) is 16.7 Å². The molecule has 0 bridgehead atoms. The summed E-state index contributed by atoms with van der Waals surface area (Å²) < 4.78 is 84.6. The van der Waals surface area contributed by atoms with Gasteiger partial charge < -0.3 is 4.74 Å². The molecule has 3 aromatic carbocycles. The minimum atomic E-state index is -4.89. The van der Waals surface area contributed by atoms with Crippen molar-refractivity contribution in [1.82, 2.24) is 4.98 Å². The first-order valence-corrected chi connectivity index (χ1v) is 12.8. The van der Waals surface area contributed by atoms with E-state index in [1.807, 2.05) is 6.08 Å². The molecule has 41 heavy (non-hydrogen) atoms. The van der Waals surface area contributed by atoms with E-state index in [1.54, 1.807) is 24.3 Å². The van der Waals surface area contributed by atoms with Crippen molar-refractivity contribution in [3.63, 3.8) is 0 Å². The first-order chi connectivity index (χ1) is 19.5. The average molecular weight is 568 g/mol. The summed E-state index contributed by atoms with van der Waals surface area (Å²) in [5.41, 5.74) is 3.75. The second-order valence-corrected chi connectivity index (χ2v) is 9.85. The number of aromatic nitrogens is 1. The third kappa shape index (κ3) is 7.03. The van der Waals surface area contributed by atoms with Gasteiger partial charge in [0.25, 0.3) is 0 Å². The number of ketones is 1. The number of pyridine rings is 1. The van der Waals surface area contributed by atoms with Crippen LogP contribution in [0.2, 0.25) is 0 Å². The van der Waals surface area contributed by atoms with Crippen molar-refractivity contribution in [2.45, 2.75) is 38.0 Å². The molecule has 3 nitrogen and oxygen atoms in total. The maximum absolute atomic E-state index is 14.0. The molecule has 1 heterocycles. The maximum Gasteiger partial charge on any atom is 0.573 e. The van der Waals surface area contributed by atoms with E-state index in [-0.39, 0.29) is 25.0 Å². The summed E-state index contributed by atoms with van der Waals surface area (Å²) in [4.78, 5) is 17.9. The molecule has 9 heteroatoms. The Kier molecular flexibility index (Phi) is 7.97. The van der Waals surface area contributed by atoms with Gasteiger partial charge in [-0.05, 0) is 83.1 Å². The van der Waals surface area contributed by atoms with Crippen molar-refractivity contribution in [2.75, 3.05) is 0 Å². The zero-order chi connectivity index (χ0) is 29.1. The summed E-state index contributed by atoms with van der Waals surface area (Å²) in [5, 5.41) is 0. The lowest BCUT2D eigenvalue weighted by molar-refractivity contribution is -0.274. The Morgan fingerprint density at radius 1 is 0.878 bits per heavy atom. The standard InChI is InChI=1S/C32H23F6NO2/c33-24-9-8-20-6-7-22(30(20)18-24)14-27(40)15-23(11-19-12-25(34)17-26(35)13-19)31-29(5-2-10-39-31)21-3-1-4-28(16-21)41-32(36,37)38/h1-5,7-10,12-13,16-18,23H,6,11,14-15H2/t23-/m1/s1. The molecular formula is C32H23F6NO2. The van der Waals surface area contributed by atoms with Gasteiger partial charge in [0.2, 0.25) is 0 Å². The van der Waals surface area contributed by atoms with Gasteiger partial charge in [-0.15, -0.1) is 13.2 Å². The molecule has 1 aliphatic rings. The minimum Gasteiger partial charge on any atom is -0.406 e. The van der Waals surface area contributed by atoms with Gasteiger partial charge in [-0.3, -0.25) is 9.78 Å². The highest BCUT2D eigenvalue weighted by Gasteiger charge is 2.31. The number of carbonyl (C=O) groups is 1. The van der Waals surface area contributed by atoms with Gasteiger partial charge in [0, 0.05) is 36.6 Å². The lowest BCUT2D eigenvalue weighted by atomic mass is 9.85. The highest BCUT2D eigenvalue weighted by atomic mass is 19.4. The molecule has 0 aliphatic heterocycles. The largest absolute Gasteiger partial charge is 0.573 e. The molecule has 0 amide bonds. The quantitative estimate of drug-likeness (QED) is 0.191. The highest BCUT2D eigenvalue weighted by molar-refractivity contribution is 5.92. The molecule has 1 aromatic heterocycles. The lowest BCUT2D eigenvalue weighted by Gasteiger charge is -2.20. The summed E-state index contributed by atoms with van der Waals surface area (Å²) in [6.07, 6.45) is -0.986. The molecule has 0 N–H and O–H groups in total. The SMILES string of the molecule is O=C(CC1=CCc2ccc(F)cc21)C[C@@H](Cc1cc(F)cc(F)c1)c1ncccc1-c1cccc(OC(F)(F)F)c1. The molecule has 0 radical (unpaired) electrons. The smallest absolute Gasteiger partial charge is 0.406 e. The summed E-state index contributed by atoms with van der Waals surface area (Å²) >= 11 is 0. The zero-order valence-corrected chi connectivity index (χ0v) is 21.5. The Labute approximate surface area is 232 Å². The van der Waals surface area contributed by atoms with Gasteiger partial charge in [-0.2, -0.15) is 0 Å². The second kappa shape index (κ2) is 11.6. The summed E-state index contributed by atoms with van der Waals surface area (Å²) in [6, 6.07) is 16.1. The first-order valence-electron chi connectivity index (χ1n) is 12.8. The van der Waals surface area contributed by atoms with Crippen molar-refractivity contribution < 1.29 is 35.9 Å². The van der Waals surface area contributed by atoms with Crippen molar-refractivity contribution >= 4 is 11.4 Å². The summed E-state index contributed by atoms with van der Waals surface area (Å²) in [5.74, 6) is -3.29. The van der Waals surface area contributed by atoms with E-state index in [1.165, 1.54) is 48.7 Å². The number of nitrogens with zero attached hydrogens (tertiary/aromatic N) is 1. The molecule has 5 rings (SSSR count). The third-order valence-electron chi connectivity index (χ3n) is 6.86. The van der Waals surface area contributed by atoms with Crippen LogP contribution < -0.4 is 4.74 Å². The van der Waals surface area contributed by atoms with E-state index in [0.717, 1.165) is 11.6 Å². The first kappa shape index (κ1) is 28.1. The molecular weight excluding hydrogens is 544 g/mol. The average Bonchev–Trinajstić information content (AvgIpc) is 3.28. The Bertz CT molecular complexity index is 1610. The van der Waals surface area contributed by atoms with E-state index in [9.17, 15) is 31.1 Å². The Balaban J connectivity index is 1.48. The van der Waals surface area contributed by atoms with Gasteiger partial charge in [-0.25, -0.2) is 13.2 Å². The number of halogens is 6. The topological polar surface area (TPSA) is 39.2 Å². The normalized spacial score (nSPS) is 13.5. The van der Waals surface area contributed by atoms with Crippen LogP contribution in [0.15, 0.2) is 85.1 Å². The minimum absolute atomic E-state index is 0.0154. The predicted molar refractivity (Wildman–Crippen MR) is 141 cm³/mol. The van der Waals surface area contributed by atoms with Gasteiger partial charge in [0.15, 0.2) is 0 Å². The van der Waals surface area contributed by atoms with Crippen LogP contribution in [0.4, 0.5) is 26.3 Å². The lowest BCUT2D eigenvalue weighted by Crippen LogP contribution is -2.17. The molecule has 0 unspecified atom stereocenters. The van der Waals surface area contributed by atoms with Crippen LogP contribution in [-0.4, -0.2) is 17.1 Å². The van der Waals surface area contributed by atoms with Crippen LogP contribution >= 0.6 is 0 Å². The molecule has 4 aromatic rings. The number of alkyl halides is 3. The van der Waals surface area contributed by atoms with Crippen molar-refractivity contribution in [2.24, 2.45) is 0 Å². The predicted octanol–water partition coefficient (Wildman–Crippen LogP) is 8.38. The Hall–Kier alpha value is -4.40. The fraction of sp³-hybridized carbons (Fsp3) is 0.188. The monoisotopic (exact) mass is 567 g/mol. The number of hydrogen-bond donors (Lipinski definition) is 0. The number of carbonyl (C=O) groups excluding carboxylic acids is 1. The summed E-state index contributed by atoms with van der Waals surface area (Å²) in [7, 11) is 0. The second-order valence-electron chi connectivity index (χ2n) is 9.85. The van der Waals surface area contributed by atoms with Crippen LogP contribution in [-0.2, 0) is 17.6 Å². The molecule has 0 saturated heterocycles.